The van der Waals surface area contributed by atoms with Crippen molar-refractivity contribution in [3.05, 3.63) is 101 Å². The number of carbonyl (C=O) groups is 2. The van der Waals surface area contributed by atoms with Gasteiger partial charge in [-0.25, -0.2) is 9.82 Å². The van der Waals surface area contributed by atoms with Gasteiger partial charge in [-0.1, -0.05) is 42.5 Å². The fourth-order valence-electron chi connectivity index (χ4n) is 2.91. The quantitative estimate of drug-likeness (QED) is 0.355. The van der Waals surface area contributed by atoms with Gasteiger partial charge < -0.3 is 14.8 Å². The number of nitrogens with one attached hydrogen (secondary N) is 2. The van der Waals surface area contributed by atoms with Crippen LogP contribution in [0.5, 0.6) is 11.5 Å². The summed E-state index contributed by atoms with van der Waals surface area (Å²) in [6.45, 7) is 0.116. The second-order valence-corrected chi connectivity index (χ2v) is 6.71. The van der Waals surface area contributed by atoms with Gasteiger partial charge in [-0.05, 0) is 42.0 Å². The molecular formula is C24H18FN3O4. The number of carbonyl (C=O) groups excluding carboxylic acids is 2. The standard InChI is InChI=1S/C24H18FN3O4/c25-19-9-5-4-8-18(19)14-26-28-24(30)20(27-23(29)17-6-2-1-3-7-17)12-16-10-11-21-22(13-16)32-15-31-21/h1-14H,15H2,(H,27,29)(H,28,30)/b20-12+,26-14-. The highest BCUT2D eigenvalue weighted by Crippen LogP contribution is 2.33. The van der Waals surface area contributed by atoms with Crippen LogP contribution in [0.3, 0.4) is 0 Å². The molecule has 1 heterocycles. The Hall–Kier alpha value is -4.46. The number of amides is 2. The second kappa shape index (κ2) is 9.57. The van der Waals surface area contributed by atoms with Crippen LogP contribution in [-0.2, 0) is 4.79 Å². The van der Waals surface area contributed by atoms with Gasteiger partial charge in [0, 0.05) is 11.1 Å². The number of hydrogen-bond donors (Lipinski definition) is 2. The van der Waals surface area contributed by atoms with Crippen LogP contribution in [0.15, 0.2) is 83.6 Å². The third-order valence-corrected chi connectivity index (χ3v) is 4.51. The minimum absolute atomic E-state index is 0.0524. The van der Waals surface area contributed by atoms with E-state index in [2.05, 4.69) is 15.8 Å². The van der Waals surface area contributed by atoms with Crippen molar-refractivity contribution >= 4 is 24.1 Å². The van der Waals surface area contributed by atoms with E-state index in [1.165, 1.54) is 24.4 Å². The number of rotatable bonds is 6. The lowest BCUT2D eigenvalue weighted by atomic mass is 10.1. The van der Waals surface area contributed by atoms with Crippen LogP contribution in [0.4, 0.5) is 4.39 Å². The zero-order valence-electron chi connectivity index (χ0n) is 16.7. The molecular weight excluding hydrogens is 413 g/mol. The number of hydrogen-bond acceptors (Lipinski definition) is 5. The summed E-state index contributed by atoms with van der Waals surface area (Å²) in [5.74, 6) is -0.495. The molecule has 8 heteroatoms. The van der Waals surface area contributed by atoms with E-state index < -0.39 is 17.6 Å². The first-order valence-electron chi connectivity index (χ1n) is 9.66. The lowest BCUT2D eigenvalue weighted by Gasteiger charge is -2.09. The van der Waals surface area contributed by atoms with Crippen molar-refractivity contribution in [1.29, 1.82) is 0 Å². The molecule has 0 aliphatic carbocycles. The molecule has 2 amide bonds. The van der Waals surface area contributed by atoms with Gasteiger partial charge in [0.15, 0.2) is 11.5 Å². The Morgan fingerprint density at radius 1 is 0.938 bits per heavy atom. The Balaban J connectivity index is 1.57. The third kappa shape index (κ3) is 4.99. The summed E-state index contributed by atoms with van der Waals surface area (Å²) in [5.41, 5.74) is 3.45. The molecule has 160 valence electrons. The highest BCUT2D eigenvalue weighted by Gasteiger charge is 2.16. The molecule has 0 saturated carbocycles. The van der Waals surface area contributed by atoms with E-state index in [0.29, 0.717) is 22.6 Å². The van der Waals surface area contributed by atoms with E-state index >= 15 is 0 Å². The van der Waals surface area contributed by atoms with Crippen molar-refractivity contribution in [2.24, 2.45) is 5.10 Å². The minimum Gasteiger partial charge on any atom is -0.454 e. The van der Waals surface area contributed by atoms with Gasteiger partial charge in [0.2, 0.25) is 6.79 Å². The molecule has 7 nitrogen and oxygen atoms in total. The Bertz CT molecular complexity index is 1210. The molecule has 0 fully saturated rings. The van der Waals surface area contributed by atoms with Crippen LogP contribution in [0.25, 0.3) is 6.08 Å². The van der Waals surface area contributed by atoms with Crippen LogP contribution in [-0.4, -0.2) is 24.8 Å². The molecule has 0 bridgehead atoms. The van der Waals surface area contributed by atoms with Crippen molar-refractivity contribution < 1.29 is 23.5 Å². The molecule has 0 unspecified atom stereocenters. The summed E-state index contributed by atoms with van der Waals surface area (Å²) in [7, 11) is 0. The van der Waals surface area contributed by atoms with Crippen LogP contribution in [0, 0.1) is 5.82 Å². The predicted octanol–water partition coefficient (Wildman–Crippen LogP) is 3.48. The number of nitrogens with zero attached hydrogens (tertiary/aromatic N) is 1. The van der Waals surface area contributed by atoms with E-state index in [-0.39, 0.29) is 18.1 Å². The van der Waals surface area contributed by atoms with E-state index in [1.54, 1.807) is 60.7 Å². The van der Waals surface area contributed by atoms with Gasteiger partial charge in [0.1, 0.15) is 11.5 Å². The van der Waals surface area contributed by atoms with Gasteiger partial charge in [-0.15, -0.1) is 0 Å². The fraction of sp³-hybridized carbons (Fsp3) is 0.0417. The number of hydrazone groups is 1. The summed E-state index contributed by atoms with van der Waals surface area (Å²) in [5, 5.41) is 6.40. The zero-order chi connectivity index (χ0) is 22.3. The Labute approximate surface area is 183 Å². The van der Waals surface area contributed by atoms with E-state index in [9.17, 15) is 14.0 Å². The van der Waals surface area contributed by atoms with E-state index in [0.717, 1.165) is 0 Å². The maximum atomic E-state index is 13.7. The smallest absolute Gasteiger partial charge is 0.287 e. The molecule has 0 atom stereocenters. The van der Waals surface area contributed by atoms with Gasteiger partial charge in [-0.3, -0.25) is 9.59 Å². The van der Waals surface area contributed by atoms with E-state index in [4.69, 9.17) is 9.47 Å². The van der Waals surface area contributed by atoms with Crippen molar-refractivity contribution in [3.63, 3.8) is 0 Å². The summed E-state index contributed by atoms with van der Waals surface area (Å²) in [4.78, 5) is 25.4. The average molecular weight is 431 g/mol. The molecule has 32 heavy (non-hydrogen) atoms. The normalized spacial score (nSPS) is 12.6. The predicted molar refractivity (Wildman–Crippen MR) is 117 cm³/mol. The molecule has 0 saturated heterocycles. The summed E-state index contributed by atoms with van der Waals surface area (Å²) < 4.78 is 24.4. The minimum atomic E-state index is -0.681. The average Bonchev–Trinajstić information content (AvgIpc) is 3.28. The van der Waals surface area contributed by atoms with Crippen molar-refractivity contribution in [2.45, 2.75) is 0 Å². The van der Waals surface area contributed by atoms with Crippen LogP contribution in [0.2, 0.25) is 0 Å². The topological polar surface area (TPSA) is 89.0 Å². The Morgan fingerprint density at radius 3 is 2.50 bits per heavy atom. The van der Waals surface area contributed by atoms with Crippen molar-refractivity contribution in [2.75, 3.05) is 6.79 Å². The van der Waals surface area contributed by atoms with Crippen molar-refractivity contribution in [3.8, 4) is 11.5 Å². The van der Waals surface area contributed by atoms with Gasteiger partial charge in [-0.2, -0.15) is 5.10 Å². The summed E-state index contributed by atoms with van der Waals surface area (Å²) in [6, 6.07) is 19.6. The molecule has 3 aromatic rings. The number of fused-ring (bicyclic) bond motifs is 1. The maximum absolute atomic E-state index is 13.7. The monoisotopic (exact) mass is 431 g/mol. The van der Waals surface area contributed by atoms with E-state index in [1.807, 2.05) is 0 Å². The molecule has 0 aromatic heterocycles. The Morgan fingerprint density at radius 2 is 1.69 bits per heavy atom. The van der Waals surface area contributed by atoms with Crippen LogP contribution in [0.1, 0.15) is 21.5 Å². The maximum Gasteiger partial charge on any atom is 0.287 e. The molecule has 1 aliphatic rings. The highest BCUT2D eigenvalue weighted by atomic mass is 19.1. The number of ether oxygens (including phenoxy) is 2. The summed E-state index contributed by atoms with van der Waals surface area (Å²) >= 11 is 0. The van der Waals surface area contributed by atoms with Crippen LogP contribution < -0.4 is 20.2 Å². The highest BCUT2D eigenvalue weighted by molar-refractivity contribution is 6.05. The SMILES string of the molecule is O=C(N/N=C\c1ccccc1F)/C(=C\c1ccc2c(c1)OCO2)NC(=O)c1ccccc1. The van der Waals surface area contributed by atoms with Gasteiger partial charge in [0.25, 0.3) is 11.8 Å². The van der Waals surface area contributed by atoms with Crippen LogP contribution >= 0.6 is 0 Å². The zero-order valence-corrected chi connectivity index (χ0v) is 16.7. The third-order valence-electron chi connectivity index (χ3n) is 4.51. The molecule has 0 radical (unpaired) electrons. The molecule has 4 rings (SSSR count). The largest absolute Gasteiger partial charge is 0.454 e. The first kappa shape index (κ1) is 20.8. The molecule has 3 aromatic carbocycles. The Kier molecular flexibility index (Phi) is 6.22. The lowest BCUT2D eigenvalue weighted by Crippen LogP contribution is -2.32. The van der Waals surface area contributed by atoms with Gasteiger partial charge in [0.05, 0.1) is 6.21 Å². The van der Waals surface area contributed by atoms with Gasteiger partial charge >= 0.3 is 0 Å². The number of halogens is 1. The molecule has 2 N–H and O–H groups in total. The fourth-order valence-corrected chi connectivity index (χ4v) is 2.91. The molecule has 0 spiro atoms. The number of benzene rings is 3. The first-order valence-corrected chi connectivity index (χ1v) is 9.66. The lowest BCUT2D eigenvalue weighted by molar-refractivity contribution is -0.117. The first-order chi connectivity index (χ1) is 15.6. The second-order valence-electron chi connectivity index (χ2n) is 6.71. The molecule has 1 aliphatic heterocycles. The van der Waals surface area contributed by atoms with Crippen molar-refractivity contribution in [1.82, 2.24) is 10.7 Å². The summed E-state index contributed by atoms with van der Waals surface area (Å²) in [6.07, 6.45) is 2.67.